The predicted octanol–water partition coefficient (Wildman–Crippen LogP) is 3.02. The molecule has 0 bridgehead atoms. The molecule has 2 atom stereocenters. The number of anilines is 1. The summed E-state index contributed by atoms with van der Waals surface area (Å²) in [6.07, 6.45) is 0.703. The molecule has 2 rings (SSSR count). The van der Waals surface area contributed by atoms with E-state index in [9.17, 15) is 13.2 Å². The van der Waals surface area contributed by atoms with Crippen molar-refractivity contribution in [1.82, 2.24) is 10.0 Å². The largest absolute Gasteiger partial charge is 0.373 e. The number of amides is 1. The van der Waals surface area contributed by atoms with Crippen LogP contribution >= 0.6 is 0 Å². The van der Waals surface area contributed by atoms with Gasteiger partial charge in [-0.15, -0.1) is 0 Å². The van der Waals surface area contributed by atoms with Crippen LogP contribution in [0.4, 0.5) is 5.69 Å². The molecule has 0 saturated heterocycles. The molecule has 0 aliphatic rings. The second-order valence-corrected chi connectivity index (χ2v) is 8.76. The Morgan fingerprint density at radius 2 is 1.61 bits per heavy atom. The Bertz CT molecular complexity index is 868. The first-order valence-corrected chi connectivity index (χ1v) is 10.9. The minimum Gasteiger partial charge on any atom is -0.373 e. The van der Waals surface area contributed by atoms with Gasteiger partial charge in [0.1, 0.15) is 0 Å². The molecule has 0 fully saturated rings. The lowest BCUT2D eigenvalue weighted by atomic mass is 10.2. The van der Waals surface area contributed by atoms with E-state index in [1.54, 1.807) is 0 Å². The minimum atomic E-state index is -3.57. The average Bonchev–Trinajstić information content (AvgIpc) is 2.68. The fraction of sp³-hybridized carbons (Fsp3) is 0.381. The van der Waals surface area contributed by atoms with Gasteiger partial charge in [-0.25, -0.2) is 13.1 Å². The molecular weight excluding hydrogens is 374 g/mol. The first-order chi connectivity index (χ1) is 13.2. The van der Waals surface area contributed by atoms with Gasteiger partial charge in [0.25, 0.3) is 5.91 Å². The predicted molar refractivity (Wildman–Crippen MR) is 113 cm³/mol. The Labute approximate surface area is 168 Å². The number of rotatable bonds is 9. The van der Waals surface area contributed by atoms with Gasteiger partial charge in [-0.2, -0.15) is 0 Å². The molecule has 6 nitrogen and oxygen atoms in total. The zero-order valence-electron chi connectivity index (χ0n) is 16.8. The van der Waals surface area contributed by atoms with Crippen molar-refractivity contribution in [3.8, 4) is 0 Å². The lowest BCUT2D eigenvalue weighted by molar-refractivity contribution is 0.0941. The van der Waals surface area contributed by atoms with E-state index in [2.05, 4.69) is 14.9 Å². The van der Waals surface area contributed by atoms with Crippen LogP contribution in [0.3, 0.4) is 0 Å². The van der Waals surface area contributed by atoms with Gasteiger partial charge in [-0.1, -0.05) is 25.1 Å². The number of sulfonamides is 1. The van der Waals surface area contributed by atoms with E-state index in [-0.39, 0.29) is 22.9 Å². The molecule has 0 aliphatic heterocycles. The summed E-state index contributed by atoms with van der Waals surface area (Å²) in [6.45, 7) is 6.32. The van der Waals surface area contributed by atoms with E-state index in [0.717, 1.165) is 5.69 Å². The van der Waals surface area contributed by atoms with Crippen molar-refractivity contribution >= 4 is 21.6 Å². The summed E-state index contributed by atoms with van der Waals surface area (Å²) < 4.78 is 27.2. The highest BCUT2D eigenvalue weighted by Crippen LogP contribution is 2.13. The van der Waals surface area contributed by atoms with Gasteiger partial charge >= 0.3 is 0 Å². The fourth-order valence-corrected chi connectivity index (χ4v) is 4.08. The first-order valence-electron chi connectivity index (χ1n) is 9.42. The standard InChI is InChI=1S/C21H29N3O3S/c1-5-16(2)23-28(26,27)20-13-11-18(12-14-20)21(25)22-17(3)15-24(4)19-9-7-6-8-10-19/h6-14,16-17,23H,5,15H2,1-4H3,(H,22,25)/t16-,17+/m1/s1. The molecule has 0 heterocycles. The van der Waals surface area contributed by atoms with Gasteiger partial charge in [-0.3, -0.25) is 4.79 Å². The van der Waals surface area contributed by atoms with Crippen LogP contribution in [0.15, 0.2) is 59.5 Å². The SMILES string of the molecule is CC[C@@H](C)NS(=O)(=O)c1ccc(C(=O)N[C@@H](C)CN(C)c2ccccc2)cc1. The summed E-state index contributed by atoms with van der Waals surface area (Å²) in [6, 6.07) is 15.7. The highest BCUT2D eigenvalue weighted by molar-refractivity contribution is 7.89. The molecular formula is C21H29N3O3S. The van der Waals surface area contributed by atoms with E-state index in [4.69, 9.17) is 0 Å². The van der Waals surface area contributed by atoms with Crippen LogP contribution in [0.1, 0.15) is 37.6 Å². The van der Waals surface area contributed by atoms with Gasteiger partial charge in [0.15, 0.2) is 0 Å². The summed E-state index contributed by atoms with van der Waals surface area (Å²) in [4.78, 5) is 14.7. The van der Waals surface area contributed by atoms with E-state index in [0.29, 0.717) is 18.5 Å². The maximum absolute atomic E-state index is 12.5. The summed E-state index contributed by atoms with van der Waals surface area (Å²) >= 11 is 0. The lowest BCUT2D eigenvalue weighted by Gasteiger charge is -2.24. The average molecular weight is 404 g/mol. The van der Waals surface area contributed by atoms with Crippen molar-refractivity contribution in [2.24, 2.45) is 0 Å². The van der Waals surface area contributed by atoms with Crippen LogP contribution in [0, 0.1) is 0 Å². The summed E-state index contributed by atoms with van der Waals surface area (Å²) in [5.74, 6) is -0.229. The van der Waals surface area contributed by atoms with Crippen LogP contribution in [0.25, 0.3) is 0 Å². The van der Waals surface area contributed by atoms with E-state index in [1.807, 2.05) is 58.2 Å². The number of nitrogens with one attached hydrogen (secondary N) is 2. The Hall–Kier alpha value is -2.38. The second-order valence-electron chi connectivity index (χ2n) is 7.05. The van der Waals surface area contributed by atoms with Crippen molar-refractivity contribution in [3.05, 3.63) is 60.2 Å². The van der Waals surface area contributed by atoms with Gasteiger partial charge in [0.2, 0.25) is 10.0 Å². The number of carbonyl (C=O) groups excluding carboxylic acids is 1. The molecule has 0 unspecified atom stereocenters. The zero-order chi connectivity index (χ0) is 20.7. The molecule has 0 aromatic heterocycles. The molecule has 7 heteroatoms. The maximum Gasteiger partial charge on any atom is 0.251 e. The number of para-hydroxylation sites is 1. The molecule has 2 N–H and O–H groups in total. The van der Waals surface area contributed by atoms with Crippen molar-refractivity contribution in [3.63, 3.8) is 0 Å². The zero-order valence-corrected chi connectivity index (χ0v) is 17.7. The van der Waals surface area contributed by atoms with Crippen molar-refractivity contribution in [2.75, 3.05) is 18.5 Å². The molecule has 0 aliphatic carbocycles. The molecule has 152 valence electrons. The number of likely N-dealkylation sites (N-methyl/N-ethyl adjacent to an activating group) is 1. The van der Waals surface area contributed by atoms with Crippen LogP contribution in [0.5, 0.6) is 0 Å². The normalized spacial score (nSPS) is 13.6. The molecule has 0 spiro atoms. The number of hydrogen-bond acceptors (Lipinski definition) is 4. The van der Waals surface area contributed by atoms with E-state index < -0.39 is 10.0 Å². The highest BCUT2D eigenvalue weighted by atomic mass is 32.2. The van der Waals surface area contributed by atoms with Gasteiger partial charge in [0.05, 0.1) is 4.90 Å². The topological polar surface area (TPSA) is 78.5 Å². The number of benzene rings is 2. The van der Waals surface area contributed by atoms with Crippen LogP contribution in [0.2, 0.25) is 0 Å². The Kier molecular flexibility index (Phi) is 7.60. The van der Waals surface area contributed by atoms with Gasteiger partial charge in [0, 0.05) is 36.9 Å². The maximum atomic E-state index is 12.5. The Morgan fingerprint density at radius 1 is 1.00 bits per heavy atom. The van der Waals surface area contributed by atoms with Crippen molar-refractivity contribution in [2.45, 2.75) is 44.2 Å². The monoisotopic (exact) mass is 403 g/mol. The van der Waals surface area contributed by atoms with Crippen LogP contribution in [-0.2, 0) is 10.0 Å². The van der Waals surface area contributed by atoms with E-state index in [1.165, 1.54) is 24.3 Å². The quantitative estimate of drug-likeness (QED) is 0.675. The molecule has 28 heavy (non-hydrogen) atoms. The van der Waals surface area contributed by atoms with E-state index >= 15 is 0 Å². The summed E-state index contributed by atoms with van der Waals surface area (Å²) in [5, 5.41) is 2.95. The lowest BCUT2D eigenvalue weighted by Crippen LogP contribution is -2.40. The smallest absolute Gasteiger partial charge is 0.251 e. The summed E-state index contributed by atoms with van der Waals surface area (Å²) in [7, 11) is -1.60. The fourth-order valence-electron chi connectivity index (χ4n) is 2.75. The van der Waals surface area contributed by atoms with Crippen LogP contribution < -0.4 is 14.9 Å². The van der Waals surface area contributed by atoms with Gasteiger partial charge < -0.3 is 10.2 Å². The van der Waals surface area contributed by atoms with Gasteiger partial charge in [-0.05, 0) is 56.7 Å². The first kappa shape index (κ1) is 21.9. The number of hydrogen-bond donors (Lipinski definition) is 2. The third kappa shape index (κ3) is 6.07. The third-order valence-electron chi connectivity index (χ3n) is 4.52. The third-order valence-corrected chi connectivity index (χ3v) is 6.12. The minimum absolute atomic E-state index is 0.0758. The Morgan fingerprint density at radius 3 is 2.18 bits per heavy atom. The second kappa shape index (κ2) is 9.71. The molecule has 1 amide bonds. The summed E-state index contributed by atoms with van der Waals surface area (Å²) in [5.41, 5.74) is 1.50. The molecule has 2 aromatic carbocycles. The number of carbonyl (C=O) groups is 1. The van der Waals surface area contributed by atoms with Crippen molar-refractivity contribution in [1.29, 1.82) is 0 Å². The van der Waals surface area contributed by atoms with Crippen molar-refractivity contribution < 1.29 is 13.2 Å². The Balaban J connectivity index is 1.97. The van der Waals surface area contributed by atoms with Crippen LogP contribution in [-0.4, -0.2) is 40.0 Å². The molecule has 0 saturated carbocycles. The molecule has 2 aromatic rings. The molecule has 0 radical (unpaired) electrons. The number of nitrogens with zero attached hydrogens (tertiary/aromatic N) is 1. The highest BCUT2D eigenvalue weighted by Gasteiger charge is 2.18.